The van der Waals surface area contributed by atoms with Gasteiger partial charge in [-0.15, -0.1) is 0 Å². The first kappa shape index (κ1) is 14.5. The van der Waals surface area contributed by atoms with Crippen LogP contribution in [0.5, 0.6) is 0 Å². The molecule has 112 valence electrons. The Labute approximate surface area is 133 Å². The number of nitrogens with zero attached hydrogens (tertiary/aromatic N) is 2. The van der Waals surface area contributed by atoms with Gasteiger partial charge in [0, 0.05) is 31.9 Å². The summed E-state index contributed by atoms with van der Waals surface area (Å²) >= 11 is 12.0. The number of amides is 1. The molecule has 1 unspecified atom stereocenters. The van der Waals surface area contributed by atoms with Crippen LogP contribution in [0.15, 0.2) is 24.4 Å². The van der Waals surface area contributed by atoms with Crippen LogP contribution in [0.25, 0.3) is 5.57 Å². The summed E-state index contributed by atoms with van der Waals surface area (Å²) < 4.78 is 0. The van der Waals surface area contributed by atoms with Crippen LogP contribution >= 0.6 is 23.2 Å². The van der Waals surface area contributed by atoms with Crippen LogP contribution in [0, 0.1) is 0 Å². The Hall–Kier alpha value is -1.39. The monoisotopic (exact) mass is 326 g/mol. The van der Waals surface area contributed by atoms with Crippen LogP contribution in [-0.4, -0.2) is 46.7 Å². The number of hydrogen-bond donors (Lipinski definition) is 1. The van der Waals surface area contributed by atoms with E-state index in [1.165, 1.54) is 10.5 Å². The second kappa shape index (κ2) is 5.78. The summed E-state index contributed by atoms with van der Waals surface area (Å²) in [5.41, 5.74) is 2.32. The summed E-state index contributed by atoms with van der Waals surface area (Å²) in [6.07, 6.45) is 3.20. The zero-order valence-electron chi connectivity index (χ0n) is 11.4. The summed E-state index contributed by atoms with van der Waals surface area (Å²) in [7, 11) is 0. The summed E-state index contributed by atoms with van der Waals surface area (Å²) in [5, 5.41) is 10.2. The van der Waals surface area contributed by atoms with Crippen molar-refractivity contribution in [1.82, 2.24) is 9.80 Å². The van der Waals surface area contributed by atoms with E-state index in [1.54, 1.807) is 0 Å². The topological polar surface area (TPSA) is 43.8 Å². The van der Waals surface area contributed by atoms with Gasteiger partial charge in [-0.25, -0.2) is 4.79 Å². The van der Waals surface area contributed by atoms with E-state index in [-0.39, 0.29) is 6.04 Å². The molecule has 0 spiro atoms. The zero-order chi connectivity index (χ0) is 15.0. The molecule has 21 heavy (non-hydrogen) atoms. The van der Waals surface area contributed by atoms with Gasteiger partial charge in [0.2, 0.25) is 0 Å². The number of benzene rings is 1. The smallest absolute Gasteiger partial charge is 0.407 e. The quantitative estimate of drug-likeness (QED) is 0.853. The maximum atomic E-state index is 11.0. The Bertz CT molecular complexity index is 603. The molecule has 0 aliphatic carbocycles. The molecule has 1 aromatic rings. The molecule has 1 aromatic carbocycles. The normalized spacial score (nSPS) is 21.8. The SMILES string of the molecule is O=C(O)N1CCN2C=C(c3ccc(Cl)c(Cl)c3)CCC2C1. The molecule has 1 fully saturated rings. The minimum Gasteiger partial charge on any atom is -0.465 e. The van der Waals surface area contributed by atoms with Crippen molar-refractivity contribution in [3.63, 3.8) is 0 Å². The van der Waals surface area contributed by atoms with Crippen molar-refractivity contribution in [2.24, 2.45) is 0 Å². The number of allylic oxidation sites excluding steroid dienone is 1. The Kier molecular flexibility index (Phi) is 4.00. The molecule has 1 N–H and O–H groups in total. The van der Waals surface area contributed by atoms with Gasteiger partial charge in [-0.1, -0.05) is 29.3 Å². The molecule has 1 atom stereocenters. The van der Waals surface area contributed by atoms with Gasteiger partial charge in [-0.3, -0.25) is 0 Å². The number of carboxylic acid groups (broad SMARTS) is 1. The summed E-state index contributed by atoms with van der Waals surface area (Å²) in [5.74, 6) is 0. The Morgan fingerprint density at radius 2 is 2.05 bits per heavy atom. The van der Waals surface area contributed by atoms with Crippen LogP contribution in [-0.2, 0) is 0 Å². The molecule has 1 amide bonds. The fourth-order valence-corrected chi connectivity index (χ4v) is 3.27. The third-order valence-corrected chi connectivity index (χ3v) is 4.90. The third-order valence-electron chi connectivity index (χ3n) is 4.16. The van der Waals surface area contributed by atoms with Gasteiger partial charge in [0.15, 0.2) is 0 Å². The number of halogens is 2. The lowest BCUT2D eigenvalue weighted by molar-refractivity contribution is 0.0877. The van der Waals surface area contributed by atoms with Gasteiger partial charge in [0.25, 0.3) is 0 Å². The van der Waals surface area contributed by atoms with E-state index < -0.39 is 6.09 Å². The molecule has 0 bridgehead atoms. The number of hydrogen-bond acceptors (Lipinski definition) is 2. The number of carbonyl (C=O) groups is 1. The molecule has 4 nitrogen and oxygen atoms in total. The van der Waals surface area contributed by atoms with Gasteiger partial charge in [0.05, 0.1) is 10.0 Å². The molecule has 0 saturated carbocycles. The van der Waals surface area contributed by atoms with E-state index in [4.69, 9.17) is 28.3 Å². The highest BCUT2D eigenvalue weighted by molar-refractivity contribution is 6.42. The van der Waals surface area contributed by atoms with Gasteiger partial charge < -0.3 is 14.9 Å². The summed E-state index contributed by atoms with van der Waals surface area (Å²) in [4.78, 5) is 14.8. The number of rotatable bonds is 1. The second-order valence-electron chi connectivity index (χ2n) is 5.44. The van der Waals surface area contributed by atoms with Crippen molar-refractivity contribution in [3.8, 4) is 0 Å². The largest absolute Gasteiger partial charge is 0.465 e. The van der Waals surface area contributed by atoms with Crippen molar-refractivity contribution in [2.75, 3.05) is 19.6 Å². The van der Waals surface area contributed by atoms with Crippen LogP contribution < -0.4 is 0 Å². The van der Waals surface area contributed by atoms with Crippen molar-refractivity contribution in [2.45, 2.75) is 18.9 Å². The van der Waals surface area contributed by atoms with E-state index in [0.29, 0.717) is 23.1 Å². The molecule has 2 aliphatic rings. The number of fused-ring (bicyclic) bond motifs is 1. The molecule has 3 rings (SSSR count). The van der Waals surface area contributed by atoms with Crippen LogP contribution in [0.1, 0.15) is 18.4 Å². The van der Waals surface area contributed by atoms with Crippen molar-refractivity contribution in [3.05, 3.63) is 40.0 Å². The van der Waals surface area contributed by atoms with E-state index in [0.717, 1.165) is 24.9 Å². The van der Waals surface area contributed by atoms with Crippen molar-refractivity contribution >= 4 is 34.9 Å². The second-order valence-corrected chi connectivity index (χ2v) is 6.26. The standard InChI is InChI=1S/C15H16Cl2N2O2/c16-13-4-2-10(7-14(13)17)11-1-3-12-9-19(15(20)21)6-5-18(12)8-11/h2,4,7-8,12H,1,3,5-6,9H2,(H,20,21). The highest BCUT2D eigenvalue weighted by Crippen LogP contribution is 2.33. The zero-order valence-corrected chi connectivity index (χ0v) is 12.9. The van der Waals surface area contributed by atoms with Gasteiger partial charge >= 0.3 is 6.09 Å². The third kappa shape index (κ3) is 2.97. The van der Waals surface area contributed by atoms with Gasteiger partial charge in [-0.2, -0.15) is 0 Å². The molecule has 6 heteroatoms. The van der Waals surface area contributed by atoms with Crippen LogP contribution in [0.3, 0.4) is 0 Å². The van der Waals surface area contributed by atoms with E-state index in [1.807, 2.05) is 18.2 Å². The predicted molar refractivity (Wildman–Crippen MR) is 83.8 cm³/mol. The lowest BCUT2D eigenvalue weighted by atomic mass is 9.93. The molecule has 0 radical (unpaired) electrons. The predicted octanol–water partition coefficient (Wildman–Crippen LogP) is 3.79. The van der Waals surface area contributed by atoms with Crippen molar-refractivity contribution in [1.29, 1.82) is 0 Å². The van der Waals surface area contributed by atoms with Crippen LogP contribution in [0.2, 0.25) is 10.0 Å². The van der Waals surface area contributed by atoms with Gasteiger partial charge in [-0.05, 0) is 36.1 Å². The molecule has 1 saturated heterocycles. The lowest BCUT2D eigenvalue weighted by Gasteiger charge is -2.42. The minimum atomic E-state index is -0.825. The average Bonchev–Trinajstić information content (AvgIpc) is 2.49. The molecule has 0 aromatic heterocycles. The Morgan fingerprint density at radius 3 is 2.76 bits per heavy atom. The first-order valence-corrected chi connectivity index (χ1v) is 7.70. The fourth-order valence-electron chi connectivity index (χ4n) is 2.97. The van der Waals surface area contributed by atoms with Gasteiger partial charge in [0.1, 0.15) is 0 Å². The summed E-state index contributed by atoms with van der Waals surface area (Å²) in [6, 6.07) is 5.97. The summed E-state index contributed by atoms with van der Waals surface area (Å²) in [6.45, 7) is 1.87. The fraction of sp³-hybridized carbons (Fsp3) is 0.400. The van der Waals surface area contributed by atoms with Crippen LogP contribution in [0.4, 0.5) is 4.79 Å². The number of piperazine rings is 1. The highest BCUT2D eigenvalue weighted by Gasteiger charge is 2.30. The Morgan fingerprint density at radius 1 is 1.24 bits per heavy atom. The molecule has 2 aliphatic heterocycles. The van der Waals surface area contributed by atoms with E-state index in [2.05, 4.69) is 11.1 Å². The highest BCUT2D eigenvalue weighted by atomic mass is 35.5. The molecular formula is C15H16Cl2N2O2. The van der Waals surface area contributed by atoms with E-state index in [9.17, 15) is 4.79 Å². The first-order chi connectivity index (χ1) is 10.0. The van der Waals surface area contributed by atoms with E-state index >= 15 is 0 Å². The van der Waals surface area contributed by atoms with Crippen molar-refractivity contribution < 1.29 is 9.90 Å². The Balaban J connectivity index is 1.79. The minimum absolute atomic E-state index is 0.279. The molecular weight excluding hydrogens is 311 g/mol. The lowest BCUT2D eigenvalue weighted by Crippen LogP contribution is -2.53. The maximum absolute atomic E-state index is 11.0. The average molecular weight is 327 g/mol. The first-order valence-electron chi connectivity index (χ1n) is 6.94. The molecule has 2 heterocycles. The maximum Gasteiger partial charge on any atom is 0.407 e.